The van der Waals surface area contributed by atoms with Crippen molar-refractivity contribution in [1.29, 1.82) is 0 Å². The van der Waals surface area contributed by atoms with Crippen LogP contribution < -0.4 is 10.4 Å². The average molecular weight is 356 g/mol. The third kappa shape index (κ3) is 3.15. The van der Waals surface area contributed by atoms with Gasteiger partial charge < -0.3 is 9.15 Å². The summed E-state index contributed by atoms with van der Waals surface area (Å²) in [4.78, 5) is 14.1. The predicted molar refractivity (Wildman–Crippen MR) is 98.1 cm³/mol. The summed E-state index contributed by atoms with van der Waals surface area (Å²) in [5.41, 5.74) is 3.43. The fraction of sp³-hybridized carbons (Fsp3) is 0.250. The Balaban J connectivity index is 1.70. The molecule has 0 bridgehead atoms. The van der Waals surface area contributed by atoms with E-state index in [1.807, 2.05) is 43.3 Å². The Morgan fingerprint density at radius 1 is 1.16 bits per heavy atom. The summed E-state index contributed by atoms with van der Waals surface area (Å²) in [5.74, 6) is 0.788. The Morgan fingerprint density at radius 3 is 2.72 bits per heavy atom. The van der Waals surface area contributed by atoms with Crippen molar-refractivity contribution in [2.45, 2.75) is 26.4 Å². The van der Waals surface area contributed by atoms with E-state index >= 15 is 0 Å². The molecule has 5 heteroatoms. The fourth-order valence-corrected chi connectivity index (χ4v) is 3.41. The van der Waals surface area contributed by atoms with E-state index in [2.05, 4.69) is 4.90 Å². The van der Waals surface area contributed by atoms with Crippen LogP contribution in [0.4, 0.5) is 0 Å². The fourth-order valence-electron chi connectivity index (χ4n) is 3.29. The van der Waals surface area contributed by atoms with Crippen LogP contribution in [0.25, 0.3) is 11.0 Å². The molecule has 4 rings (SSSR count). The van der Waals surface area contributed by atoms with Crippen LogP contribution in [0, 0.1) is 0 Å². The maximum Gasteiger partial charge on any atom is 0.336 e. The van der Waals surface area contributed by atoms with Gasteiger partial charge in [0, 0.05) is 29.6 Å². The normalized spacial score (nSPS) is 14.3. The number of benzene rings is 2. The van der Waals surface area contributed by atoms with E-state index in [1.54, 1.807) is 6.07 Å². The summed E-state index contributed by atoms with van der Waals surface area (Å²) < 4.78 is 11.4. The summed E-state index contributed by atoms with van der Waals surface area (Å²) in [6, 6.07) is 13.3. The number of ether oxygens (including phenoxy) is 1. The highest BCUT2D eigenvalue weighted by molar-refractivity contribution is 6.30. The molecule has 2 aromatic carbocycles. The second-order valence-corrected chi connectivity index (χ2v) is 6.69. The molecule has 0 amide bonds. The number of aryl methyl sites for hydroxylation is 1. The summed E-state index contributed by atoms with van der Waals surface area (Å²) >= 11 is 5.95. The SMILES string of the molecule is CCc1cc(=O)oc2c3c(ccc12)OCN(Cc1ccc(Cl)cc1)C3. The van der Waals surface area contributed by atoms with Gasteiger partial charge >= 0.3 is 5.63 Å². The summed E-state index contributed by atoms with van der Waals surface area (Å²) in [5, 5.41) is 1.71. The molecule has 0 N–H and O–H groups in total. The summed E-state index contributed by atoms with van der Waals surface area (Å²) in [6.07, 6.45) is 0.788. The smallest absolute Gasteiger partial charge is 0.336 e. The van der Waals surface area contributed by atoms with E-state index < -0.39 is 0 Å². The molecule has 0 saturated carbocycles. The number of nitrogens with zero attached hydrogens (tertiary/aromatic N) is 1. The van der Waals surface area contributed by atoms with E-state index in [4.69, 9.17) is 20.8 Å². The Hall–Kier alpha value is -2.30. The molecule has 0 saturated heterocycles. The first-order chi connectivity index (χ1) is 12.1. The topological polar surface area (TPSA) is 42.7 Å². The first kappa shape index (κ1) is 16.2. The lowest BCUT2D eigenvalue weighted by molar-refractivity contribution is 0.0889. The second-order valence-electron chi connectivity index (χ2n) is 6.25. The first-order valence-corrected chi connectivity index (χ1v) is 8.70. The zero-order valence-corrected chi connectivity index (χ0v) is 14.7. The van der Waals surface area contributed by atoms with Crippen molar-refractivity contribution in [3.05, 3.63) is 74.6 Å². The zero-order valence-electron chi connectivity index (χ0n) is 13.9. The van der Waals surface area contributed by atoms with Crippen molar-refractivity contribution in [1.82, 2.24) is 4.90 Å². The minimum absolute atomic E-state index is 0.312. The molecule has 128 valence electrons. The lowest BCUT2D eigenvalue weighted by Crippen LogP contribution is -2.31. The highest BCUT2D eigenvalue weighted by atomic mass is 35.5. The molecule has 3 aromatic rings. The molecule has 1 aromatic heterocycles. The van der Waals surface area contributed by atoms with Crippen LogP contribution in [0.3, 0.4) is 0 Å². The van der Waals surface area contributed by atoms with Gasteiger partial charge in [-0.05, 0) is 41.8 Å². The van der Waals surface area contributed by atoms with Crippen LogP contribution in [0.5, 0.6) is 5.75 Å². The molecule has 2 heterocycles. The van der Waals surface area contributed by atoms with Crippen molar-refractivity contribution in [2.24, 2.45) is 0 Å². The zero-order chi connectivity index (χ0) is 17.4. The molecule has 0 fully saturated rings. The van der Waals surface area contributed by atoms with Gasteiger partial charge in [0.1, 0.15) is 18.1 Å². The molecular formula is C20H18ClNO3. The van der Waals surface area contributed by atoms with Crippen LogP contribution in [0.15, 0.2) is 51.7 Å². The van der Waals surface area contributed by atoms with Crippen LogP contribution >= 0.6 is 11.6 Å². The molecule has 1 aliphatic heterocycles. The van der Waals surface area contributed by atoms with Gasteiger partial charge in [0.15, 0.2) is 0 Å². The van der Waals surface area contributed by atoms with Crippen molar-refractivity contribution in [2.75, 3.05) is 6.73 Å². The van der Waals surface area contributed by atoms with Crippen LogP contribution in [0.2, 0.25) is 5.02 Å². The number of halogens is 1. The van der Waals surface area contributed by atoms with E-state index in [-0.39, 0.29) is 5.63 Å². The first-order valence-electron chi connectivity index (χ1n) is 8.32. The minimum atomic E-state index is -0.312. The van der Waals surface area contributed by atoms with Crippen LogP contribution in [0.1, 0.15) is 23.6 Å². The highest BCUT2D eigenvalue weighted by Crippen LogP contribution is 2.33. The van der Waals surface area contributed by atoms with Crippen molar-refractivity contribution in [3.63, 3.8) is 0 Å². The largest absolute Gasteiger partial charge is 0.478 e. The molecule has 0 radical (unpaired) electrons. The van der Waals surface area contributed by atoms with Gasteiger partial charge in [0.25, 0.3) is 0 Å². The van der Waals surface area contributed by atoms with Crippen LogP contribution in [-0.4, -0.2) is 11.6 Å². The van der Waals surface area contributed by atoms with Crippen molar-refractivity contribution >= 4 is 22.6 Å². The summed E-state index contributed by atoms with van der Waals surface area (Å²) in [7, 11) is 0. The van der Waals surface area contributed by atoms with Gasteiger partial charge in [-0.1, -0.05) is 30.7 Å². The van der Waals surface area contributed by atoms with Gasteiger partial charge in [-0.25, -0.2) is 4.79 Å². The molecule has 4 nitrogen and oxygen atoms in total. The number of rotatable bonds is 3. The number of hydrogen-bond donors (Lipinski definition) is 0. The third-order valence-corrected chi connectivity index (χ3v) is 4.79. The van der Waals surface area contributed by atoms with E-state index in [1.165, 1.54) is 0 Å². The van der Waals surface area contributed by atoms with Crippen molar-refractivity contribution < 1.29 is 9.15 Å². The predicted octanol–water partition coefficient (Wildman–Crippen LogP) is 4.36. The second kappa shape index (κ2) is 6.54. The molecule has 0 spiro atoms. The maximum atomic E-state index is 11.9. The average Bonchev–Trinajstić information content (AvgIpc) is 2.63. The lowest BCUT2D eigenvalue weighted by atomic mass is 10.0. The van der Waals surface area contributed by atoms with Gasteiger partial charge in [-0.3, -0.25) is 4.90 Å². The highest BCUT2D eigenvalue weighted by Gasteiger charge is 2.22. The Bertz CT molecular complexity index is 979. The standard InChI is InChI=1S/C20H18ClNO3/c1-2-14-9-19(23)25-20-16(14)7-8-18-17(20)11-22(12-24-18)10-13-3-5-15(21)6-4-13/h3-9H,2,10-12H2,1H3. The quantitative estimate of drug-likeness (QED) is 0.655. The summed E-state index contributed by atoms with van der Waals surface area (Å²) in [6.45, 7) is 3.95. The Labute approximate surface area is 150 Å². The molecule has 0 aliphatic carbocycles. The Morgan fingerprint density at radius 2 is 1.96 bits per heavy atom. The Kier molecular flexibility index (Phi) is 4.24. The van der Waals surface area contributed by atoms with Gasteiger partial charge in [0.05, 0.1) is 5.56 Å². The maximum absolute atomic E-state index is 11.9. The van der Waals surface area contributed by atoms with Gasteiger partial charge in [0.2, 0.25) is 0 Å². The van der Waals surface area contributed by atoms with Crippen molar-refractivity contribution in [3.8, 4) is 5.75 Å². The lowest BCUT2D eigenvalue weighted by Gasteiger charge is -2.29. The molecule has 1 aliphatic rings. The molecular weight excluding hydrogens is 338 g/mol. The number of fused-ring (bicyclic) bond motifs is 3. The molecule has 0 atom stereocenters. The van der Waals surface area contributed by atoms with Crippen LogP contribution in [-0.2, 0) is 19.5 Å². The minimum Gasteiger partial charge on any atom is -0.478 e. The molecule has 25 heavy (non-hydrogen) atoms. The van der Waals surface area contributed by atoms with E-state index in [9.17, 15) is 4.79 Å². The third-order valence-electron chi connectivity index (χ3n) is 4.54. The van der Waals surface area contributed by atoms with E-state index in [0.717, 1.165) is 45.8 Å². The van der Waals surface area contributed by atoms with E-state index in [0.29, 0.717) is 18.9 Å². The number of hydrogen-bond acceptors (Lipinski definition) is 4. The van der Waals surface area contributed by atoms with Gasteiger partial charge in [-0.15, -0.1) is 0 Å². The monoisotopic (exact) mass is 355 g/mol. The molecule has 0 unspecified atom stereocenters. The van der Waals surface area contributed by atoms with Gasteiger partial charge in [-0.2, -0.15) is 0 Å².